The molecule has 0 amide bonds. The van der Waals surface area contributed by atoms with Crippen molar-refractivity contribution in [3.63, 3.8) is 0 Å². The number of benzene rings is 1. The smallest absolute Gasteiger partial charge is 0.0249 e. The van der Waals surface area contributed by atoms with Gasteiger partial charge >= 0.3 is 0 Å². The lowest BCUT2D eigenvalue weighted by molar-refractivity contribution is 0.585. The fourth-order valence-corrected chi connectivity index (χ4v) is 2.27. The molecule has 1 unspecified atom stereocenters. The van der Waals surface area contributed by atoms with Gasteiger partial charge in [-0.05, 0) is 36.6 Å². The zero-order valence-electron chi connectivity index (χ0n) is 8.58. The molecule has 1 aromatic rings. The van der Waals surface area contributed by atoms with Gasteiger partial charge in [-0.15, -0.1) is 23.4 Å². The second-order valence-electron chi connectivity index (χ2n) is 3.56. The summed E-state index contributed by atoms with van der Waals surface area (Å²) in [6.07, 6.45) is 2.50. The summed E-state index contributed by atoms with van der Waals surface area (Å²) in [7, 11) is 0. The Morgan fingerprint density at radius 1 is 1.29 bits per heavy atom. The Morgan fingerprint density at radius 3 is 2.64 bits per heavy atom. The van der Waals surface area contributed by atoms with Gasteiger partial charge in [-0.2, -0.15) is 0 Å². The first-order valence-corrected chi connectivity index (χ1v) is 6.58. The van der Waals surface area contributed by atoms with Gasteiger partial charge in [0.15, 0.2) is 0 Å². The van der Waals surface area contributed by atoms with Crippen molar-refractivity contribution in [1.82, 2.24) is 0 Å². The normalized spacial score (nSPS) is 12.7. The van der Waals surface area contributed by atoms with Crippen LogP contribution >= 0.6 is 23.4 Å². The molecule has 1 aromatic carbocycles. The number of hydrogen-bond donors (Lipinski definition) is 0. The first-order valence-electron chi connectivity index (χ1n) is 5.06. The van der Waals surface area contributed by atoms with Crippen LogP contribution in [-0.4, -0.2) is 11.6 Å². The molecule has 0 bridgehead atoms. The van der Waals surface area contributed by atoms with Gasteiger partial charge < -0.3 is 0 Å². The van der Waals surface area contributed by atoms with Crippen LogP contribution in [0.5, 0.6) is 0 Å². The van der Waals surface area contributed by atoms with Crippen LogP contribution in [0.2, 0.25) is 0 Å². The first kappa shape index (κ1) is 11.9. The van der Waals surface area contributed by atoms with E-state index in [1.807, 2.05) is 11.8 Å². The molecule has 0 nitrogen and oxygen atoms in total. The minimum atomic E-state index is 0.660. The maximum Gasteiger partial charge on any atom is 0.0249 e. The standard InChI is InChI=1S/C12H17ClS/c1-11(10-13)6-5-9-14-12-7-3-2-4-8-12/h2-4,7-8,11H,5-6,9-10H2,1H3. The Morgan fingerprint density at radius 2 is 2.00 bits per heavy atom. The second kappa shape index (κ2) is 7.19. The van der Waals surface area contributed by atoms with Crippen LogP contribution in [-0.2, 0) is 0 Å². The number of thioether (sulfide) groups is 1. The van der Waals surface area contributed by atoms with Gasteiger partial charge in [-0.25, -0.2) is 0 Å². The molecule has 0 aromatic heterocycles. The summed E-state index contributed by atoms with van der Waals surface area (Å²) in [5.41, 5.74) is 0. The molecule has 1 atom stereocenters. The summed E-state index contributed by atoms with van der Waals surface area (Å²) >= 11 is 7.67. The molecule has 2 heteroatoms. The van der Waals surface area contributed by atoms with Gasteiger partial charge in [-0.1, -0.05) is 25.1 Å². The van der Waals surface area contributed by atoms with Crippen LogP contribution in [0.4, 0.5) is 0 Å². The summed E-state index contributed by atoms with van der Waals surface area (Å²) in [4.78, 5) is 1.37. The molecule has 0 N–H and O–H groups in total. The van der Waals surface area contributed by atoms with E-state index >= 15 is 0 Å². The Balaban J connectivity index is 2.10. The third-order valence-electron chi connectivity index (χ3n) is 2.12. The number of halogens is 1. The highest BCUT2D eigenvalue weighted by atomic mass is 35.5. The monoisotopic (exact) mass is 228 g/mol. The highest BCUT2D eigenvalue weighted by molar-refractivity contribution is 7.99. The van der Waals surface area contributed by atoms with E-state index in [1.54, 1.807) is 0 Å². The fourth-order valence-electron chi connectivity index (χ4n) is 1.22. The zero-order valence-corrected chi connectivity index (χ0v) is 10.2. The first-order chi connectivity index (χ1) is 6.83. The van der Waals surface area contributed by atoms with E-state index in [0.717, 1.165) is 5.88 Å². The third kappa shape index (κ3) is 4.92. The Hall–Kier alpha value is -0.140. The molecule has 0 heterocycles. The Kier molecular flexibility index (Phi) is 6.13. The van der Waals surface area contributed by atoms with Crippen LogP contribution in [0.15, 0.2) is 35.2 Å². The van der Waals surface area contributed by atoms with Crippen LogP contribution in [0.3, 0.4) is 0 Å². The highest BCUT2D eigenvalue weighted by Gasteiger charge is 1.99. The quantitative estimate of drug-likeness (QED) is 0.394. The van der Waals surface area contributed by atoms with E-state index in [4.69, 9.17) is 11.6 Å². The van der Waals surface area contributed by atoms with Gasteiger partial charge in [0.05, 0.1) is 0 Å². The van der Waals surface area contributed by atoms with E-state index in [-0.39, 0.29) is 0 Å². The largest absolute Gasteiger partial charge is 0.126 e. The number of hydrogen-bond acceptors (Lipinski definition) is 1. The van der Waals surface area contributed by atoms with Gasteiger partial charge in [0.2, 0.25) is 0 Å². The molecule has 0 fully saturated rings. The average molecular weight is 229 g/mol. The number of rotatable bonds is 6. The number of alkyl halides is 1. The molecule has 0 aliphatic heterocycles. The van der Waals surface area contributed by atoms with Crippen molar-refractivity contribution in [3.05, 3.63) is 30.3 Å². The van der Waals surface area contributed by atoms with Crippen molar-refractivity contribution in [2.24, 2.45) is 5.92 Å². The topological polar surface area (TPSA) is 0 Å². The van der Waals surface area contributed by atoms with E-state index in [9.17, 15) is 0 Å². The minimum Gasteiger partial charge on any atom is -0.126 e. The summed E-state index contributed by atoms with van der Waals surface area (Å²) in [5.74, 6) is 2.65. The molecule has 0 spiro atoms. The lowest BCUT2D eigenvalue weighted by Crippen LogP contribution is -1.96. The average Bonchev–Trinajstić information content (AvgIpc) is 2.25. The van der Waals surface area contributed by atoms with Gasteiger partial charge in [0.1, 0.15) is 0 Å². The molecule has 14 heavy (non-hydrogen) atoms. The molecular weight excluding hydrogens is 212 g/mol. The van der Waals surface area contributed by atoms with Crippen molar-refractivity contribution in [2.75, 3.05) is 11.6 Å². The maximum absolute atomic E-state index is 5.74. The minimum absolute atomic E-state index is 0.660. The SMILES string of the molecule is CC(CCl)CCCSc1ccccc1. The Labute approximate surface area is 96.0 Å². The van der Waals surface area contributed by atoms with Crippen LogP contribution < -0.4 is 0 Å². The van der Waals surface area contributed by atoms with Crippen molar-refractivity contribution >= 4 is 23.4 Å². The van der Waals surface area contributed by atoms with Crippen LogP contribution in [0.1, 0.15) is 19.8 Å². The van der Waals surface area contributed by atoms with Gasteiger partial charge in [-0.3, -0.25) is 0 Å². The molecular formula is C12H17ClS. The molecule has 0 saturated heterocycles. The molecule has 0 aliphatic carbocycles. The summed E-state index contributed by atoms with van der Waals surface area (Å²) in [6.45, 7) is 2.21. The van der Waals surface area contributed by atoms with Crippen molar-refractivity contribution in [3.8, 4) is 0 Å². The summed E-state index contributed by atoms with van der Waals surface area (Å²) < 4.78 is 0. The summed E-state index contributed by atoms with van der Waals surface area (Å²) in [5, 5.41) is 0. The maximum atomic E-state index is 5.74. The Bertz CT molecular complexity index is 235. The lowest BCUT2D eigenvalue weighted by atomic mass is 10.1. The fraction of sp³-hybridized carbons (Fsp3) is 0.500. The predicted molar refractivity (Wildman–Crippen MR) is 66.3 cm³/mol. The molecule has 78 valence electrons. The van der Waals surface area contributed by atoms with Crippen LogP contribution in [0, 0.1) is 5.92 Å². The highest BCUT2D eigenvalue weighted by Crippen LogP contribution is 2.19. The van der Waals surface area contributed by atoms with Gasteiger partial charge in [0, 0.05) is 10.8 Å². The molecule has 0 saturated carbocycles. The van der Waals surface area contributed by atoms with E-state index in [0.29, 0.717) is 5.92 Å². The molecule has 1 rings (SSSR count). The van der Waals surface area contributed by atoms with Crippen molar-refractivity contribution in [2.45, 2.75) is 24.7 Å². The molecule has 0 aliphatic rings. The third-order valence-corrected chi connectivity index (χ3v) is 3.74. The zero-order chi connectivity index (χ0) is 10.2. The van der Waals surface area contributed by atoms with Crippen LogP contribution in [0.25, 0.3) is 0 Å². The molecule has 0 radical (unpaired) electrons. The predicted octanol–water partition coefficient (Wildman–Crippen LogP) is 4.43. The summed E-state index contributed by atoms with van der Waals surface area (Å²) in [6, 6.07) is 10.6. The van der Waals surface area contributed by atoms with E-state index in [1.165, 1.54) is 23.5 Å². The second-order valence-corrected chi connectivity index (χ2v) is 5.04. The van der Waals surface area contributed by atoms with E-state index in [2.05, 4.69) is 37.3 Å². The van der Waals surface area contributed by atoms with Crippen molar-refractivity contribution in [1.29, 1.82) is 0 Å². The van der Waals surface area contributed by atoms with Crippen molar-refractivity contribution < 1.29 is 0 Å². The lowest BCUT2D eigenvalue weighted by Gasteiger charge is -2.06. The van der Waals surface area contributed by atoms with Gasteiger partial charge in [0.25, 0.3) is 0 Å². The van der Waals surface area contributed by atoms with E-state index < -0.39 is 0 Å².